The average molecular weight is 293 g/mol. The van der Waals surface area contributed by atoms with E-state index >= 15 is 0 Å². The normalized spacial score (nSPS) is 24.8. The fraction of sp³-hybridized carbons (Fsp3) is 0.714. The molecule has 110 valence electrons. The second-order valence-corrected chi connectivity index (χ2v) is 6.54. The van der Waals surface area contributed by atoms with Crippen LogP contribution < -0.4 is 10.2 Å². The molecule has 20 heavy (non-hydrogen) atoms. The first-order chi connectivity index (χ1) is 9.92. The van der Waals surface area contributed by atoms with Crippen molar-refractivity contribution in [2.75, 3.05) is 55.7 Å². The Hall–Kier alpha value is -0.850. The first-order valence-corrected chi connectivity index (χ1v) is 8.63. The van der Waals surface area contributed by atoms with Crippen LogP contribution in [-0.2, 0) is 0 Å². The molecule has 2 saturated heterocycles. The Morgan fingerprint density at radius 2 is 2.00 bits per heavy atom. The highest BCUT2D eigenvalue weighted by Gasteiger charge is 2.20. The second-order valence-electron chi connectivity index (χ2n) is 5.39. The Labute approximate surface area is 125 Å². The van der Waals surface area contributed by atoms with E-state index < -0.39 is 0 Å². The summed E-state index contributed by atoms with van der Waals surface area (Å²) >= 11 is 2.08. The number of hydrogen-bond acceptors (Lipinski definition) is 6. The maximum absolute atomic E-state index is 4.33. The molecule has 2 aliphatic heterocycles. The lowest BCUT2D eigenvalue weighted by Crippen LogP contribution is -2.48. The van der Waals surface area contributed by atoms with Gasteiger partial charge >= 0.3 is 0 Å². The molecule has 0 radical (unpaired) electrons. The fourth-order valence-electron chi connectivity index (χ4n) is 2.77. The van der Waals surface area contributed by atoms with Gasteiger partial charge in [0, 0.05) is 62.7 Å². The summed E-state index contributed by atoms with van der Waals surface area (Å²) in [5.74, 6) is 3.42. The van der Waals surface area contributed by atoms with E-state index in [1.807, 2.05) is 18.5 Å². The van der Waals surface area contributed by atoms with E-state index in [2.05, 4.69) is 36.8 Å². The second kappa shape index (κ2) is 7.24. The van der Waals surface area contributed by atoms with Crippen LogP contribution in [-0.4, -0.2) is 71.7 Å². The third kappa shape index (κ3) is 3.84. The predicted octanol–water partition coefficient (Wildman–Crippen LogP) is 0.694. The molecule has 0 bridgehead atoms. The van der Waals surface area contributed by atoms with E-state index in [1.165, 1.54) is 31.0 Å². The van der Waals surface area contributed by atoms with Gasteiger partial charge in [0.25, 0.3) is 0 Å². The van der Waals surface area contributed by atoms with Crippen LogP contribution in [0.1, 0.15) is 6.42 Å². The van der Waals surface area contributed by atoms with Crippen molar-refractivity contribution in [1.82, 2.24) is 20.2 Å². The molecule has 1 atom stereocenters. The molecule has 1 unspecified atom stereocenters. The smallest absolute Gasteiger partial charge is 0.225 e. The molecule has 0 aliphatic carbocycles. The number of piperazine rings is 1. The monoisotopic (exact) mass is 293 g/mol. The number of thioether (sulfide) groups is 1. The van der Waals surface area contributed by atoms with Crippen molar-refractivity contribution in [3.8, 4) is 0 Å². The number of hydrogen-bond donors (Lipinski definition) is 1. The zero-order valence-corrected chi connectivity index (χ0v) is 12.7. The SMILES string of the molecule is c1cnc(N2CCN(CCC3CSCCN3)CC2)nc1. The largest absolute Gasteiger partial charge is 0.338 e. The van der Waals surface area contributed by atoms with Crippen molar-refractivity contribution in [2.24, 2.45) is 0 Å². The van der Waals surface area contributed by atoms with Gasteiger partial charge in [-0.15, -0.1) is 0 Å². The highest BCUT2D eigenvalue weighted by atomic mass is 32.2. The standard InChI is InChI=1S/C14H23N5S/c1-3-16-14(17-4-1)19-9-7-18(8-10-19)6-2-13-12-20-11-5-15-13/h1,3-4,13,15H,2,5-12H2. The number of aromatic nitrogens is 2. The average Bonchev–Trinajstić information content (AvgIpc) is 2.55. The van der Waals surface area contributed by atoms with Crippen LogP contribution in [0.15, 0.2) is 18.5 Å². The minimum absolute atomic E-state index is 0.712. The topological polar surface area (TPSA) is 44.3 Å². The molecule has 2 aliphatic rings. The first kappa shape index (κ1) is 14.1. The van der Waals surface area contributed by atoms with E-state index in [1.54, 1.807) is 0 Å². The molecule has 1 N–H and O–H groups in total. The van der Waals surface area contributed by atoms with Crippen molar-refractivity contribution >= 4 is 17.7 Å². The van der Waals surface area contributed by atoms with Gasteiger partial charge < -0.3 is 10.2 Å². The predicted molar refractivity (Wildman–Crippen MR) is 84.4 cm³/mol. The van der Waals surface area contributed by atoms with Gasteiger partial charge in [-0.1, -0.05) is 0 Å². The molecule has 5 nitrogen and oxygen atoms in total. The van der Waals surface area contributed by atoms with Crippen LogP contribution in [0.25, 0.3) is 0 Å². The minimum Gasteiger partial charge on any atom is -0.338 e. The minimum atomic E-state index is 0.712. The summed E-state index contributed by atoms with van der Waals surface area (Å²) < 4.78 is 0. The third-order valence-corrected chi connectivity index (χ3v) is 5.13. The number of rotatable bonds is 4. The summed E-state index contributed by atoms with van der Waals surface area (Å²) in [5.41, 5.74) is 0. The summed E-state index contributed by atoms with van der Waals surface area (Å²) in [6, 6.07) is 2.58. The maximum atomic E-state index is 4.33. The fourth-order valence-corrected chi connectivity index (χ4v) is 3.77. The lowest BCUT2D eigenvalue weighted by molar-refractivity contribution is 0.244. The Morgan fingerprint density at radius 1 is 1.20 bits per heavy atom. The highest BCUT2D eigenvalue weighted by Crippen LogP contribution is 2.13. The molecular formula is C14H23N5S. The van der Waals surface area contributed by atoms with Gasteiger partial charge in [0.1, 0.15) is 0 Å². The zero-order valence-electron chi connectivity index (χ0n) is 11.9. The molecule has 6 heteroatoms. The lowest BCUT2D eigenvalue weighted by Gasteiger charge is -2.35. The molecule has 0 saturated carbocycles. The molecule has 3 heterocycles. The quantitative estimate of drug-likeness (QED) is 0.881. The Kier molecular flexibility index (Phi) is 5.11. The van der Waals surface area contributed by atoms with Crippen LogP contribution in [0.5, 0.6) is 0 Å². The molecule has 1 aromatic rings. The first-order valence-electron chi connectivity index (χ1n) is 7.47. The van der Waals surface area contributed by atoms with Gasteiger partial charge in [-0.3, -0.25) is 4.90 Å². The van der Waals surface area contributed by atoms with Crippen molar-refractivity contribution in [1.29, 1.82) is 0 Å². The van der Waals surface area contributed by atoms with Crippen LogP contribution >= 0.6 is 11.8 Å². The van der Waals surface area contributed by atoms with Crippen LogP contribution in [0.3, 0.4) is 0 Å². The van der Waals surface area contributed by atoms with Crippen LogP contribution in [0, 0.1) is 0 Å². The molecule has 0 aromatic carbocycles. The van der Waals surface area contributed by atoms with Gasteiger partial charge in [0.2, 0.25) is 5.95 Å². The van der Waals surface area contributed by atoms with E-state index in [-0.39, 0.29) is 0 Å². The molecule has 0 amide bonds. The summed E-state index contributed by atoms with van der Waals surface area (Å²) in [6.45, 7) is 6.71. The summed E-state index contributed by atoms with van der Waals surface area (Å²) in [5, 5.41) is 3.62. The summed E-state index contributed by atoms with van der Waals surface area (Å²) in [6.07, 6.45) is 4.91. The van der Waals surface area contributed by atoms with Crippen molar-refractivity contribution in [3.63, 3.8) is 0 Å². The van der Waals surface area contributed by atoms with E-state index in [9.17, 15) is 0 Å². The third-order valence-electron chi connectivity index (χ3n) is 4.00. The number of nitrogens with zero attached hydrogens (tertiary/aromatic N) is 4. The Bertz CT molecular complexity index is 388. The molecule has 0 spiro atoms. The Morgan fingerprint density at radius 3 is 2.70 bits per heavy atom. The van der Waals surface area contributed by atoms with Crippen molar-refractivity contribution < 1.29 is 0 Å². The summed E-state index contributed by atoms with van der Waals surface area (Å²) in [4.78, 5) is 13.5. The number of nitrogens with one attached hydrogen (secondary N) is 1. The maximum Gasteiger partial charge on any atom is 0.225 e. The molecule has 3 rings (SSSR count). The van der Waals surface area contributed by atoms with Gasteiger partial charge in [-0.2, -0.15) is 11.8 Å². The van der Waals surface area contributed by atoms with Gasteiger partial charge in [0.15, 0.2) is 0 Å². The summed E-state index contributed by atoms with van der Waals surface area (Å²) in [7, 11) is 0. The zero-order chi connectivity index (χ0) is 13.6. The molecular weight excluding hydrogens is 270 g/mol. The highest BCUT2D eigenvalue weighted by molar-refractivity contribution is 7.99. The molecule has 1 aromatic heterocycles. The van der Waals surface area contributed by atoms with Gasteiger partial charge in [-0.05, 0) is 19.0 Å². The van der Waals surface area contributed by atoms with Crippen LogP contribution in [0.2, 0.25) is 0 Å². The Balaban J connectivity index is 1.40. The van der Waals surface area contributed by atoms with E-state index in [4.69, 9.17) is 0 Å². The lowest BCUT2D eigenvalue weighted by atomic mass is 10.2. The molecule has 2 fully saturated rings. The van der Waals surface area contributed by atoms with Crippen molar-refractivity contribution in [2.45, 2.75) is 12.5 Å². The number of anilines is 1. The van der Waals surface area contributed by atoms with Gasteiger partial charge in [0.05, 0.1) is 0 Å². The van der Waals surface area contributed by atoms with Crippen LogP contribution in [0.4, 0.5) is 5.95 Å². The van der Waals surface area contributed by atoms with Crippen molar-refractivity contribution in [3.05, 3.63) is 18.5 Å². The van der Waals surface area contributed by atoms with E-state index in [0.717, 1.165) is 32.1 Å². The van der Waals surface area contributed by atoms with E-state index in [0.29, 0.717) is 6.04 Å². The van der Waals surface area contributed by atoms with Gasteiger partial charge in [-0.25, -0.2) is 9.97 Å².